The van der Waals surface area contributed by atoms with Gasteiger partial charge in [-0.2, -0.15) is 0 Å². The SMILES string of the molecule is CC(C)(C)OC(=O)N1CCC[C@@H](N(C(=O)c2ccc(B3OC(C)(C)C(C)(C)O3)cc2F)c2nccc3scc(C#C[Si](C)(C)C(C)(C)C)c23)C1. The first-order valence-corrected chi connectivity index (χ1v) is 21.3. The number of carbonyl (C=O) groups is 2. The molecule has 2 aromatic heterocycles. The number of aromatic nitrogens is 1. The number of amides is 2. The number of rotatable bonds is 4. The fourth-order valence-electron chi connectivity index (χ4n) is 5.71. The Kier molecular flexibility index (Phi) is 10.2. The van der Waals surface area contributed by atoms with Crippen molar-refractivity contribution in [2.24, 2.45) is 0 Å². The second kappa shape index (κ2) is 13.4. The summed E-state index contributed by atoms with van der Waals surface area (Å²) in [7, 11) is -2.75. The number of hydrogen-bond donors (Lipinski definition) is 0. The molecule has 8 nitrogen and oxygen atoms in total. The van der Waals surface area contributed by atoms with Gasteiger partial charge in [-0.1, -0.05) is 45.9 Å². The molecule has 0 radical (unpaired) electrons. The molecule has 4 heterocycles. The molecule has 2 aliphatic heterocycles. The molecule has 2 aliphatic rings. The third-order valence-corrected chi connectivity index (χ3v) is 15.9. The molecule has 12 heteroatoms. The lowest BCUT2D eigenvalue weighted by molar-refractivity contribution is 0.00578. The van der Waals surface area contributed by atoms with Crippen molar-refractivity contribution in [3.63, 3.8) is 0 Å². The topological polar surface area (TPSA) is 81.2 Å². The van der Waals surface area contributed by atoms with E-state index >= 15 is 4.39 Å². The average molecular weight is 720 g/mol. The number of benzene rings is 1. The number of nitrogens with zero attached hydrogens (tertiary/aromatic N) is 3. The van der Waals surface area contributed by atoms with Crippen LogP contribution in [0.3, 0.4) is 0 Å². The molecule has 1 atom stereocenters. The highest BCUT2D eigenvalue weighted by Gasteiger charge is 2.52. The van der Waals surface area contributed by atoms with Gasteiger partial charge in [0, 0.05) is 34.9 Å². The van der Waals surface area contributed by atoms with Gasteiger partial charge in [0.25, 0.3) is 5.91 Å². The Labute approximate surface area is 302 Å². The molecule has 1 aromatic carbocycles. The number of pyridine rings is 1. The van der Waals surface area contributed by atoms with Crippen LogP contribution < -0.4 is 10.4 Å². The summed E-state index contributed by atoms with van der Waals surface area (Å²) in [6.07, 6.45) is 2.45. The zero-order valence-corrected chi connectivity index (χ0v) is 33.4. The van der Waals surface area contributed by atoms with Crippen LogP contribution in [0.5, 0.6) is 0 Å². The summed E-state index contributed by atoms with van der Waals surface area (Å²) < 4.78 is 35.1. The fourth-order valence-corrected chi connectivity index (χ4v) is 7.41. The molecular weight excluding hydrogens is 668 g/mol. The summed E-state index contributed by atoms with van der Waals surface area (Å²) >= 11 is 1.54. The van der Waals surface area contributed by atoms with Gasteiger partial charge in [-0.3, -0.25) is 9.69 Å². The molecular formula is C38H51BFN3O5SSi. The second-order valence-corrected chi connectivity index (χ2v) is 22.9. The largest absolute Gasteiger partial charge is 0.494 e. The minimum atomic E-state index is -1.97. The van der Waals surface area contributed by atoms with E-state index in [0.29, 0.717) is 30.7 Å². The number of thiophene rings is 1. The highest BCUT2D eigenvalue weighted by atomic mass is 32.1. The van der Waals surface area contributed by atoms with Crippen molar-refractivity contribution in [1.29, 1.82) is 0 Å². The number of halogens is 1. The molecule has 0 saturated carbocycles. The van der Waals surface area contributed by atoms with Crippen LogP contribution in [0.15, 0.2) is 35.8 Å². The summed E-state index contributed by atoms with van der Waals surface area (Å²) in [5, 5.41) is 2.82. The number of carbonyl (C=O) groups excluding carboxylic acids is 2. The molecule has 0 spiro atoms. The van der Waals surface area contributed by atoms with E-state index in [1.54, 1.807) is 22.1 Å². The van der Waals surface area contributed by atoms with Crippen LogP contribution in [0.4, 0.5) is 15.0 Å². The Morgan fingerprint density at radius 3 is 2.36 bits per heavy atom. The van der Waals surface area contributed by atoms with Crippen LogP contribution in [0.2, 0.25) is 18.1 Å². The van der Waals surface area contributed by atoms with Crippen LogP contribution >= 0.6 is 11.3 Å². The molecule has 0 N–H and O–H groups in total. The van der Waals surface area contributed by atoms with E-state index in [1.165, 1.54) is 23.5 Å². The van der Waals surface area contributed by atoms with E-state index in [0.717, 1.165) is 15.6 Å². The molecule has 0 aliphatic carbocycles. The molecule has 0 bridgehead atoms. The molecule has 2 amide bonds. The lowest BCUT2D eigenvalue weighted by Gasteiger charge is -2.39. The Morgan fingerprint density at radius 2 is 1.76 bits per heavy atom. The van der Waals surface area contributed by atoms with Crippen LogP contribution in [-0.2, 0) is 14.0 Å². The van der Waals surface area contributed by atoms with Crippen molar-refractivity contribution in [2.75, 3.05) is 18.0 Å². The van der Waals surface area contributed by atoms with Crippen LogP contribution in [0.1, 0.15) is 98.0 Å². The standard InChI is InChI=1S/C38H51BFN3O5SSi/c1-35(2,3)46-34(45)42-20-13-14-27(23-42)43(32-31-25(24-49-30(31)17-19-41-32)18-21-50(11,12)36(4,5)6)33(44)28-16-15-26(22-29(28)40)39-47-37(7,8)38(9,10)48-39/h15-17,19,22,24,27H,13-14,20,23H2,1-12H3/t27-/m1/s1. The third kappa shape index (κ3) is 7.66. The Hall–Kier alpha value is -3.24. The highest BCUT2D eigenvalue weighted by Crippen LogP contribution is 2.39. The van der Waals surface area contributed by atoms with Crippen LogP contribution in [0, 0.1) is 17.3 Å². The van der Waals surface area contributed by atoms with Crippen molar-refractivity contribution in [3.8, 4) is 11.5 Å². The number of anilines is 1. The smallest absolute Gasteiger partial charge is 0.444 e. The first-order valence-electron chi connectivity index (χ1n) is 17.4. The summed E-state index contributed by atoms with van der Waals surface area (Å²) in [5.41, 5.74) is 2.89. The maximum absolute atomic E-state index is 16.2. The van der Waals surface area contributed by atoms with Gasteiger partial charge >= 0.3 is 13.2 Å². The van der Waals surface area contributed by atoms with E-state index in [2.05, 4.69) is 45.3 Å². The minimum absolute atomic E-state index is 0.0614. The molecule has 0 unspecified atom stereocenters. The van der Waals surface area contributed by atoms with E-state index < -0.39 is 55.9 Å². The molecule has 2 saturated heterocycles. The predicted molar refractivity (Wildman–Crippen MR) is 203 cm³/mol. The van der Waals surface area contributed by atoms with Gasteiger partial charge in [0.1, 0.15) is 25.3 Å². The Morgan fingerprint density at radius 1 is 1.10 bits per heavy atom. The van der Waals surface area contributed by atoms with Crippen LogP contribution in [-0.4, -0.2) is 73.0 Å². The van der Waals surface area contributed by atoms with Crippen molar-refractivity contribution in [2.45, 2.75) is 123 Å². The van der Waals surface area contributed by atoms with Gasteiger partial charge in [0.15, 0.2) is 0 Å². The summed E-state index contributed by atoms with van der Waals surface area (Å²) in [4.78, 5) is 36.0. The number of fused-ring (bicyclic) bond motifs is 1. The molecule has 268 valence electrons. The van der Waals surface area contributed by atoms with Crippen molar-refractivity contribution in [3.05, 3.63) is 52.8 Å². The maximum Gasteiger partial charge on any atom is 0.494 e. The molecule has 50 heavy (non-hydrogen) atoms. The zero-order chi connectivity index (χ0) is 37.0. The lowest BCUT2D eigenvalue weighted by Crippen LogP contribution is -2.53. The third-order valence-electron chi connectivity index (χ3n) is 10.5. The number of hydrogen-bond acceptors (Lipinski definition) is 7. The van der Waals surface area contributed by atoms with Crippen LogP contribution in [0.25, 0.3) is 10.1 Å². The quantitative estimate of drug-likeness (QED) is 0.200. The van der Waals surface area contributed by atoms with Crippen molar-refractivity contribution >= 4 is 59.9 Å². The van der Waals surface area contributed by atoms with Gasteiger partial charge in [-0.25, -0.2) is 14.2 Å². The zero-order valence-electron chi connectivity index (χ0n) is 31.6. The molecule has 3 aromatic rings. The summed E-state index contributed by atoms with van der Waals surface area (Å²) in [6.45, 7) is 25.1. The summed E-state index contributed by atoms with van der Waals surface area (Å²) in [6, 6.07) is 5.91. The van der Waals surface area contributed by atoms with Gasteiger partial charge in [0.05, 0.1) is 28.2 Å². The number of piperidine rings is 1. The first kappa shape index (κ1) is 38.0. The second-order valence-electron chi connectivity index (χ2n) is 17.0. The van der Waals surface area contributed by atoms with Gasteiger partial charge < -0.3 is 18.9 Å². The van der Waals surface area contributed by atoms with Gasteiger partial charge in [-0.15, -0.1) is 16.9 Å². The van der Waals surface area contributed by atoms with Crippen molar-refractivity contribution in [1.82, 2.24) is 9.88 Å². The molecule has 5 rings (SSSR count). The maximum atomic E-state index is 16.2. The Balaban J connectivity index is 1.60. The highest BCUT2D eigenvalue weighted by molar-refractivity contribution is 7.17. The van der Waals surface area contributed by atoms with E-state index in [9.17, 15) is 9.59 Å². The number of ether oxygens (including phenoxy) is 1. The monoisotopic (exact) mass is 719 g/mol. The van der Waals surface area contributed by atoms with E-state index in [-0.39, 0.29) is 17.1 Å². The average Bonchev–Trinajstić information content (AvgIpc) is 3.51. The molecule has 2 fully saturated rings. The van der Waals surface area contributed by atoms with E-state index in [4.69, 9.17) is 19.0 Å². The van der Waals surface area contributed by atoms with Gasteiger partial charge in [-0.05, 0) is 90.0 Å². The van der Waals surface area contributed by atoms with Gasteiger partial charge in [0.2, 0.25) is 0 Å². The minimum Gasteiger partial charge on any atom is -0.444 e. The lowest BCUT2D eigenvalue weighted by atomic mass is 9.78. The fraction of sp³-hybridized carbons (Fsp3) is 0.553. The number of likely N-dealkylation sites (tertiary alicyclic amines) is 1. The predicted octanol–water partition coefficient (Wildman–Crippen LogP) is 8.18. The summed E-state index contributed by atoms with van der Waals surface area (Å²) in [5.74, 6) is 2.63. The van der Waals surface area contributed by atoms with Crippen molar-refractivity contribution < 1.29 is 28.0 Å². The normalized spacial score (nSPS) is 19.3. The first-order chi connectivity index (χ1) is 23.0. The van der Waals surface area contributed by atoms with E-state index in [1.807, 2.05) is 59.9 Å². The Bertz CT molecular complexity index is 1840.